The fourth-order valence-electron chi connectivity index (χ4n) is 3.07. The quantitative estimate of drug-likeness (QED) is 0.561. The molecule has 10 heteroatoms. The summed E-state index contributed by atoms with van der Waals surface area (Å²) in [7, 11) is 1.56. The highest BCUT2D eigenvalue weighted by atomic mass is 35.5. The number of carboxylic acid groups (broad SMARTS) is 1. The molecule has 0 aliphatic carbocycles. The van der Waals surface area contributed by atoms with Crippen LogP contribution in [0.2, 0.25) is 10.0 Å². The Bertz CT molecular complexity index is 1130. The van der Waals surface area contributed by atoms with Gasteiger partial charge in [0.1, 0.15) is 16.3 Å². The number of fused-ring (bicyclic) bond motifs is 2. The molecule has 0 saturated carbocycles. The average molecular weight is 469 g/mol. The maximum atomic E-state index is 13.1. The van der Waals surface area contributed by atoms with E-state index in [-0.39, 0.29) is 18.9 Å². The number of carbonyl (C=O) groups is 2. The number of benzene rings is 2. The molecule has 1 unspecified atom stereocenters. The van der Waals surface area contributed by atoms with Gasteiger partial charge in [-0.15, -0.1) is 23.1 Å². The van der Waals surface area contributed by atoms with Gasteiger partial charge >= 0.3 is 5.97 Å². The molecule has 1 N–H and O–H groups in total. The fraction of sp³-hybridized carbons (Fsp3) is 0.211. The van der Waals surface area contributed by atoms with Crippen molar-refractivity contribution < 1.29 is 19.4 Å². The van der Waals surface area contributed by atoms with E-state index in [0.717, 1.165) is 9.60 Å². The Kier molecular flexibility index (Phi) is 5.61. The predicted molar refractivity (Wildman–Crippen MR) is 116 cm³/mol. The molecule has 0 bridgehead atoms. The van der Waals surface area contributed by atoms with Crippen molar-refractivity contribution in [3.05, 3.63) is 45.4 Å². The molecule has 1 amide bonds. The first-order valence-electron chi connectivity index (χ1n) is 8.48. The van der Waals surface area contributed by atoms with E-state index < -0.39 is 11.2 Å². The first-order chi connectivity index (χ1) is 13.9. The van der Waals surface area contributed by atoms with Crippen molar-refractivity contribution in [2.24, 2.45) is 0 Å². The van der Waals surface area contributed by atoms with Crippen molar-refractivity contribution in [3.8, 4) is 5.75 Å². The number of amides is 1. The van der Waals surface area contributed by atoms with Gasteiger partial charge in [0.05, 0.1) is 45.8 Å². The number of anilines is 1. The number of ether oxygens (including phenoxy) is 1. The number of hydrogen-bond donors (Lipinski definition) is 1. The van der Waals surface area contributed by atoms with Crippen molar-refractivity contribution >= 4 is 74.1 Å². The Hall–Kier alpha value is -2.00. The molecular weight excluding hydrogens is 455 g/mol. The summed E-state index contributed by atoms with van der Waals surface area (Å²) in [5, 5.41) is 9.97. The molecule has 150 valence electrons. The highest BCUT2D eigenvalue weighted by molar-refractivity contribution is 8.01. The van der Waals surface area contributed by atoms with Gasteiger partial charge in [0, 0.05) is 4.90 Å². The third kappa shape index (κ3) is 3.90. The number of thioether (sulfide) groups is 1. The van der Waals surface area contributed by atoms with E-state index in [4.69, 9.17) is 27.9 Å². The Morgan fingerprint density at radius 3 is 2.83 bits per heavy atom. The maximum Gasteiger partial charge on any atom is 0.305 e. The van der Waals surface area contributed by atoms with Crippen molar-refractivity contribution in [2.45, 2.75) is 23.1 Å². The van der Waals surface area contributed by atoms with Crippen molar-refractivity contribution in [3.63, 3.8) is 0 Å². The van der Waals surface area contributed by atoms with Crippen LogP contribution in [0.3, 0.4) is 0 Å². The molecule has 3 aromatic rings. The summed E-state index contributed by atoms with van der Waals surface area (Å²) in [5.74, 6) is -0.650. The summed E-state index contributed by atoms with van der Waals surface area (Å²) in [4.78, 5) is 31.2. The largest absolute Gasteiger partial charge is 0.497 e. The lowest BCUT2D eigenvalue weighted by atomic mass is 10.2. The lowest BCUT2D eigenvalue weighted by molar-refractivity contribution is -0.138. The molecule has 0 radical (unpaired) electrons. The SMILES string of the molecule is COc1ccc2c(c1)SC(CC(=O)O)C(=O)N2Cc1nc2c(Cl)c(Cl)ccc2s1. The Labute approximate surface area is 184 Å². The van der Waals surface area contributed by atoms with Gasteiger partial charge in [0.25, 0.3) is 0 Å². The third-order valence-electron chi connectivity index (χ3n) is 4.42. The number of methoxy groups -OCH3 is 1. The zero-order chi connectivity index (χ0) is 20.7. The number of rotatable bonds is 5. The number of aromatic nitrogens is 1. The standard InChI is InChI=1S/C19H14Cl2N2O4S2/c1-27-9-2-4-11-13(6-9)28-14(7-16(24)25)19(26)23(11)8-15-22-18-12(29-15)5-3-10(20)17(18)21/h2-6,14H,7-8H2,1H3,(H,24,25). The van der Waals surface area contributed by atoms with Gasteiger partial charge in [-0.3, -0.25) is 9.59 Å². The van der Waals surface area contributed by atoms with Crippen LogP contribution in [0.15, 0.2) is 35.2 Å². The zero-order valence-corrected chi connectivity index (χ0v) is 18.2. The van der Waals surface area contributed by atoms with Crippen LogP contribution in [0.4, 0.5) is 5.69 Å². The first-order valence-corrected chi connectivity index (χ1v) is 10.9. The predicted octanol–water partition coefficient (Wildman–Crippen LogP) is 5.09. The summed E-state index contributed by atoms with van der Waals surface area (Å²) in [6.07, 6.45) is -0.266. The summed E-state index contributed by atoms with van der Waals surface area (Å²) < 4.78 is 6.14. The van der Waals surface area contributed by atoms with Crippen LogP contribution in [-0.4, -0.2) is 34.3 Å². The van der Waals surface area contributed by atoms with Crippen LogP contribution >= 0.6 is 46.3 Å². The first kappa shape index (κ1) is 20.3. The van der Waals surface area contributed by atoms with Gasteiger partial charge < -0.3 is 14.7 Å². The number of hydrogen-bond acceptors (Lipinski definition) is 6. The molecule has 1 aliphatic rings. The summed E-state index contributed by atoms with van der Waals surface area (Å²) in [6.45, 7) is 0.210. The molecule has 2 heterocycles. The summed E-state index contributed by atoms with van der Waals surface area (Å²) >= 11 is 15.0. The van der Waals surface area contributed by atoms with E-state index in [1.807, 2.05) is 12.1 Å². The molecule has 1 aliphatic heterocycles. The van der Waals surface area contributed by atoms with Crippen LogP contribution in [0.1, 0.15) is 11.4 Å². The van der Waals surface area contributed by atoms with Gasteiger partial charge in [0.15, 0.2) is 0 Å². The Morgan fingerprint density at radius 2 is 2.10 bits per heavy atom. The van der Waals surface area contributed by atoms with E-state index in [9.17, 15) is 14.7 Å². The number of nitrogens with zero attached hydrogens (tertiary/aromatic N) is 2. The Balaban J connectivity index is 1.74. The third-order valence-corrected chi connectivity index (χ3v) is 7.45. The normalized spacial score (nSPS) is 16.2. The number of carbonyl (C=O) groups excluding carboxylic acids is 1. The van der Waals surface area contributed by atoms with Gasteiger partial charge in [0.2, 0.25) is 5.91 Å². The van der Waals surface area contributed by atoms with Gasteiger partial charge in [-0.05, 0) is 30.3 Å². The van der Waals surface area contributed by atoms with Gasteiger partial charge in [-0.1, -0.05) is 23.2 Å². The van der Waals surface area contributed by atoms with Crippen molar-refractivity contribution in [1.29, 1.82) is 0 Å². The molecule has 0 spiro atoms. The van der Waals surface area contributed by atoms with E-state index in [2.05, 4.69) is 4.98 Å². The Morgan fingerprint density at radius 1 is 1.31 bits per heavy atom. The average Bonchev–Trinajstić information content (AvgIpc) is 3.10. The van der Waals surface area contributed by atoms with E-state index >= 15 is 0 Å². The van der Waals surface area contributed by atoms with Gasteiger partial charge in [-0.2, -0.15) is 0 Å². The van der Waals surface area contributed by atoms with Gasteiger partial charge in [-0.25, -0.2) is 4.98 Å². The number of halogens is 2. The second kappa shape index (κ2) is 8.02. The second-order valence-electron chi connectivity index (χ2n) is 6.28. The molecule has 1 aromatic heterocycles. The molecule has 29 heavy (non-hydrogen) atoms. The minimum absolute atomic E-state index is 0.210. The number of aliphatic carboxylic acids is 1. The van der Waals surface area contributed by atoms with Crippen molar-refractivity contribution in [1.82, 2.24) is 4.98 Å². The van der Waals surface area contributed by atoms with Crippen LogP contribution < -0.4 is 9.64 Å². The molecule has 6 nitrogen and oxygen atoms in total. The number of carboxylic acids is 1. The summed E-state index contributed by atoms with van der Waals surface area (Å²) in [5.41, 5.74) is 1.29. The lowest BCUT2D eigenvalue weighted by Crippen LogP contribution is -2.41. The zero-order valence-electron chi connectivity index (χ0n) is 15.0. The highest BCUT2D eigenvalue weighted by Crippen LogP contribution is 2.43. The van der Waals surface area contributed by atoms with Crippen LogP contribution in [-0.2, 0) is 16.1 Å². The smallest absolute Gasteiger partial charge is 0.305 e. The lowest BCUT2D eigenvalue weighted by Gasteiger charge is -2.32. The maximum absolute atomic E-state index is 13.1. The topological polar surface area (TPSA) is 79.7 Å². The minimum atomic E-state index is -1.02. The van der Waals surface area contributed by atoms with E-state index in [1.54, 1.807) is 30.2 Å². The molecule has 2 aromatic carbocycles. The highest BCUT2D eigenvalue weighted by Gasteiger charge is 2.35. The molecule has 4 rings (SSSR count). The number of thiazole rings is 1. The van der Waals surface area contributed by atoms with E-state index in [0.29, 0.717) is 32.0 Å². The van der Waals surface area contributed by atoms with Crippen LogP contribution in [0.5, 0.6) is 5.75 Å². The van der Waals surface area contributed by atoms with Crippen molar-refractivity contribution in [2.75, 3.05) is 12.0 Å². The molecule has 0 fully saturated rings. The van der Waals surface area contributed by atoms with E-state index in [1.165, 1.54) is 23.1 Å². The fourth-order valence-corrected chi connectivity index (χ4v) is 5.70. The monoisotopic (exact) mass is 468 g/mol. The molecule has 1 atom stereocenters. The molecule has 0 saturated heterocycles. The van der Waals surface area contributed by atoms with Crippen LogP contribution in [0.25, 0.3) is 10.2 Å². The minimum Gasteiger partial charge on any atom is -0.497 e. The molecular formula is C19H14Cl2N2O4S2. The second-order valence-corrected chi connectivity index (χ2v) is 9.42. The summed E-state index contributed by atoms with van der Waals surface area (Å²) in [6, 6.07) is 8.93. The van der Waals surface area contributed by atoms with Crippen LogP contribution in [0, 0.1) is 0 Å².